The average Bonchev–Trinajstić information content (AvgIpc) is 2.73. The van der Waals surface area contributed by atoms with Gasteiger partial charge in [0.2, 0.25) is 0 Å². The Morgan fingerprint density at radius 1 is 1.14 bits per heavy atom. The number of nitrogens with zero attached hydrogens (tertiary/aromatic N) is 2. The van der Waals surface area contributed by atoms with Crippen LogP contribution in [0.2, 0.25) is 0 Å². The van der Waals surface area contributed by atoms with E-state index in [1.165, 1.54) is 20.0 Å². The van der Waals surface area contributed by atoms with E-state index in [9.17, 15) is 9.59 Å². The lowest BCUT2D eigenvalue weighted by Gasteiger charge is -2.40. The van der Waals surface area contributed by atoms with Crippen molar-refractivity contribution in [2.75, 3.05) is 51.7 Å². The number of halogens is 2. The smallest absolute Gasteiger partial charge is 0.321 e. The first-order chi connectivity index (χ1) is 13.1. The van der Waals surface area contributed by atoms with E-state index in [1.807, 2.05) is 29.2 Å². The Morgan fingerprint density at radius 3 is 2.41 bits per heavy atom. The number of nitrogens with one attached hydrogen (secondary N) is 2. The number of hydrogen-bond donors (Lipinski definition) is 2. The van der Waals surface area contributed by atoms with E-state index in [2.05, 4.69) is 15.5 Å². The van der Waals surface area contributed by atoms with Gasteiger partial charge in [-0.3, -0.25) is 9.69 Å². The number of hydrogen-bond acceptors (Lipinski definition) is 5. The third-order valence-corrected chi connectivity index (χ3v) is 5.62. The fourth-order valence-corrected chi connectivity index (χ4v) is 3.86. The number of urea groups is 1. The molecule has 2 fully saturated rings. The van der Waals surface area contributed by atoms with Crippen molar-refractivity contribution in [3.63, 3.8) is 0 Å². The minimum atomic E-state index is -0.361. The van der Waals surface area contributed by atoms with E-state index in [1.54, 1.807) is 6.92 Å². The summed E-state index contributed by atoms with van der Waals surface area (Å²) in [6, 6.07) is 7.96. The molecule has 3 rings (SSSR count). The summed E-state index contributed by atoms with van der Waals surface area (Å²) in [6.07, 6.45) is 2.38. The molecule has 1 unspecified atom stereocenters. The molecule has 1 aromatic carbocycles. The van der Waals surface area contributed by atoms with Crippen LogP contribution in [0.1, 0.15) is 31.2 Å². The van der Waals surface area contributed by atoms with Crippen LogP contribution in [-0.4, -0.2) is 74.2 Å². The molecule has 2 heterocycles. The number of esters is 1. The predicted molar refractivity (Wildman–Crippen MR) is 119 cm³/mol. The summed E-state index contributed by atoms with van der Waals surface area (Å²) < 4.78 is 4.80. The molecular formula is C20H32Cl2N4O3. The van der Waals surface area contributed by atoms with Crippen LogP contribution in [-0.2, 0) is 9.53 Å². The van der Waals surface area contributed by atoms with Gasteiger partial charge >= 0.3 is 12.0 Å². The largest absolute Gasteiger partial charge is 0.469 e. The molecule has 0 radical (unpaired) electrons. The minimum absolute atomic E-state index is 0. The van der Waals surface area contributed by atoms with Crippen LogP contribution in [0, 0.1) is 0 Å². The van der Waals surface area contributed by atoms with E-state index in [-0.39, 0.29) is 42.7 Å². The first-order valence-electron chi connectivity index (χ1n) is 9.77. The molecule has 0 spiro atoms. The normalized spacial score (nSPS) is 18.8. The van der Waals surface area contributed by atoms with Crippen molar-refractivity contribution in [3.8, 4) is 0 Å². The van der Waals surface area contributed by atoms with Crippen LogP contribution < -0.4 is 10.6 Å². The first-order valence-corrected chi connectivity index (χ1v) is 9.77. The molecule has 0 saturated carbocycles. The average molecular weight is 447 g/mol. The van der Waals surface area contributed by atoms with Crippen LogP contribution in [0.5, 0.6) is 0 Å². The van der Waals surface area contributed by atoms with E-state index >= 15 is 0 Å². The molecule has 2 N–H and O–H groups in total. The number of amides is 2. The third kappa shape index (κ3) is 6.74. The van der Waals surface area contributed by atoms with Gasteiger partial charge in [-0.2, -0.15) is 0 Å². The Balaban J connectivity index is 0.00000210. The fraction of sp³-hybridized carbons (Fsp3) is 0.600. The Kier molecular flexibility index (Phi) is 10.7. The van der Waals surface area contributed by atoms with Crippen LogP contribution >= 0.6 is 24.8 Å². The number of benzene rings is 1. The fourth-order valence-electron chi connectivity index (χ4n) is 3.86. The molecule has 1 atom stereocenters. The summed E-state index contributed by atoms with van der Waals surface area (Å²) in [4.78, 5) is 28.7. The lowest BCUT2D eigenvalue weighted by Crippen LogP contribution is -2.54. The number of carbonyl (C=O) groups excluding carboxylic acids is 2. The molecule has 29 heavy (non-hydrogen) atoms. The van der Waals surface area contributed by atoms with Crippen molar-refractivity contribution >= 4 is 42.5 Å². The number of piperidine rings is 1. The summed E-state index contributed by atoms with van der Waals surface area (Å²) >= 11 is 0. The van der Waals surface area contributed by atoms with E-state index in [0.717, 1.165) is 44.8 Å². The summed E-state index contributed by atoms with van der Waals surface area (Å²) in [5.74, 6) is -0.645. The summed E-state index contributed by atoms with van der Waals surface area (Å²) in [6.45, 7) is 7.32. The van der Waals surface area contributed by atoms with Crippen molar-refractivity contribution < 1.29 is 14.3 Å². The number of carbonyl (C=O) groups is 2. The first kappa shape index (κ1) is 25.5. The van der Waals surface area contributed by atoms with Gasteiger partial charge in [0.25, 0.3) is 0 Å². The number of methoxy groups -OCH3 is 1. The summed E-state index contributed by atoms with van der Waals surface area (Å²) in [7, 11) is 1.38. The molecule has 2 amide bonds. The molecule has 164 valence electrons. The van der Waals surface area contributed by atoms with Gasteiger partial charge in [0, 0.05) is 37.9 Å². The van der Waals surface area contributed by atoms with Gasteiger partial charge in [0.1, 0.15) is 0 Å². The Bertz CT molecular complexity index is 663. The molecule has 1 aromatic rings. The zero-order valence-electron chi connectivity index (χ0n) is 17.1. The zero-order chi connectivity index (χ0) is 19.2. The molecule has 0 bridgehead atoms. The van der Waals surface area contributed by atoms with Gasteiger partial charge < -0.3 is 20.3 Å². The minimum Gasteiger partial charge on any atom is -0.469 e. The quantitative estimate of drug-likeness (QED) is 0.695. The highest BCUT2D eigenvalue weighted by molar-refractivity contribution is 5.89. The Morgan fingerprint density at radius 2 is 1.79 bits per heavy atom. The van der Waals surface area contributed by atoms with Crippen LogP contribution in [0.15, 0.2) is 24.3 Å². The van der Waals surface area contributed by atoms with Crippen molar-refractivity contribution in [1.29, 1.82) is 0 Å². The van der Waals surface area contributed by atoms with Crippen molar-refractivity contribution in [2.24, 2.45) is 0 Å². The molecule has 0 aromatic heterocycles. The number of piperazine rings is 1. The predicted octanol–water partition coefficient (Wildman–Crippen LogP) is 2.71. The van der Waals surface area contributed by atoms with E-state index < -0.39 is 0 Å². The highest BCUT2D eigenvalue weighted by atomic mass is 35.5. The van der Waals surface area contributed by atoms with Crippen molar-refractivity contribution in [1.82, 2.24) is 15.1 Å². The maximum absolute atomic E-state index is 12.6. The third-order valence-electron chi connectivity index (χ3n) is 5.62. The van der Waals surface area contributed by atoms with Gasteiger partial charge in [-0.05, 0) is 50.6 Å². The second kappa shape index (κ2) is 12.2. The number of anilines is 1. The SMILES string of the molecule is COC(=O)C(C)c1cccc(NC(=O)N2CCN(C3CCNCC3)CC2)c1.Cl.Cl. The van der Waals surface area contributed by atoms with Gasteiger partial charge in [-0.25, -0.2) is 4.79 Å². The lowest BCUT2D eigenvalue weighted by atomic mass is 10.0. The van der Waals surface area contributed by atoms with E-state index in [4.69, 9.17) is 4.74 Å². The van der Waals surface area contributed by atoms with Crippen LogP contribution in [0.3, 0.4) is 0 Å². The highest BCUT2D eigenvalue weighted by Gasteiger charge is 2.27. The molecule has 2 aliphatic rings. The molecule has 2 aliphatic heterocycles. The van der Waals surface area contributed by atoms with E-state index in [0.29, 0.717) is 11.7 Å². The highest BCUT2D eigenvalue weighted by Crippen LogP contribution is 2.21. The molecular weight excluding hydrogens is 415 g/mol. The molecule has 2 saturated heterocycles. The van der Waals surface area contributed by atoms with Gasteiger partial charge in [0.15, 0.2) is 0 Å². The second-order valence-corrected chi connectivity index (χ2v) is 7.30. The maximum atomic E-state index is 12.6. The van der Waals surface area contributed by atoms with Crippen LogP contribution in [0.4, 0.5) is 10.5 Å². The second-order valence-electron chi connectivity index (χ2n) is 7.30. The topological polar surface area (TPSA) is 73.9 Å². The monoisotopic (exact) mass is 446 g/mol. The van der Waals surface area contributed by atoms with Crippen molar-refractivity contribution in [3.05, 3.63) is 29.8 Å². The Labute approximate surface area is 185 Å². The maximum Gasteiger partial charge on any atom is 0.321 e. The van der Waals surface area contributed by atoms with Gasteiger partial charge in [-0.15, -0.1) is 24.8 Å². The van der Waals surface area contributed by atoms with Crippen LogP contribution in [0.25, 0.3) is 0 Å². The van der Waals surface area contributed by atoms with Gasteiger partial charge in [0.05, 0.1) is 13.0 Å². The Hall–Kier alpha value is -1.54. The molecule has 9 heteroatoms. The summed E-state index contributed by atoms with van der Waals surface area (Å²) in [5.41, 5.74) is 1.53. The molecule has 7 nitrogen and oxygen atoms in total. The number of ether oxygens (including phenoxy) is 1. The summed E-state index contributed by atoms with van der Waals surface area (Å²) in [5, 5.41) is 6.37. The zero-order valence-corrected chi connectivity index (χ0v) is 18.7. The number of rotatable bonds is 4. The lowest BCUT2D eigenvalue weighted by molar-refractivity contribution is -0.141. The standard InChI is InChI=1S/C20H30N4O3.2ClH/c1-15(19(25)27-2)16-4-3-5-17(14-16)22-20(26)24-12-10-23(11-13-24)18-6-8-21-9-7-18;;/h3-5,14-15,18,21H,6-13H2,1-2H3,(H,22,26);2*1H. The van der Waals surface area contributed by atoms with Gasteiger partial charge in [-0.1, -0.05) is 12.1 Å². The molecule has 0 aliphatic carbocycles. The van der Waals surface area contributed by atoms with Crippen molar-refractivity contribution in [2.45, 2.75) is 31.7 Å².